The summed E-state index contributed by atoms with van der Waals surface area (Å²) in [7, 11) is 0. The fraction of sp³-hybridized carbons (Fsp3) is 0.591. The fourth-order valence-electron chi connectivity index (χ4n) is 6.08. The highest BCUT2D eigenvalue weighted by Crippen LogP contribution is 2.63. The number of aliphatic hydroxyl groups is 1. The topological polar surface area (TPSA) is 49.8 Å². The van der Waals surface area contributed by atoms with E-state index in [1.807, 2.05) is 6.92 Å². The van der Waals surface area contributed by atoms with Gasteiger partial charge in [0.05, 0.1) is 11.0 Å². The van der Waals surface area contributed by atoms with Gasteiger partial charge in [0, 0.05) is 31.1 Å². The van der Waals surface area contributed by atoms with E-state index in [1.165, 1.54) is 11.1 Å². The van der Waals surface area contributed by atoms with E-state index in [1.54, 1.807) is 0 Å². The third-order valence-corrected chi connectivity index (χ3v) is 7.32. The molecule has 1 N–H and O–H groups in total. The molecule has 1 saturated heterocycles. The molecule has 1 aromatic rings. The summed E-state index contributed by atoms with van der Waals surface area (Å²) in [6, 6.07) is 4.34. The summed E-state index contributed by atoms with van der Waals surface area (Å²) in [4.78, 5) is 15.2. The highest BCUT2D eigenvalue weighted by Gasteiger charge is 2.72. The van der Waals surface area contributed by atoms with Crippen LogP contribution in [0.15, 0.2) is 23.8 Å². The average molecular weight is 353 g/mol. The van der Waals surface area contributed by atoms with Crippen LogP contribution < -0.4 is 4.74 Å². The van der Waals surface area contributed by atoms with Crippen molar-refractivity contribution in [3.05, 3.63) is 40.5 Å². The lowest BCUT2D eigenvalue weighted by atomic mass is 9.49. The summed E-state index contributed by atoms with van der Waals surface area (Å²) in [5.41, 5.74) is 3.35. The monoisotopic (exact) mass is 353 g/mol. The largest absolute Gasteiger partial charge is 0.481 e. The molecule has 2 fully saturated rings. The molecule has 4 aliphatic rings. The second-order valence-electron chi connectivity index (χ2n) is 8.85. The van der Waals surface area contributed by atoms with E-state index < -0.39 is 17.1 Å². The number of benzene rings is 1. The molecule has 0 aromatic heterocycles. The summed E-state index contributed by atoms with van der Waals surface area (Å²) >= 11 is 0. The average Bonchev–Trinajstić information content (AvgIpc) is 2.95. The Balaban J connectivity index is 1.71. The van der Waals surface area contributed by atoms with Crippen molar-refractivity contribution in [2.75, 3.05) is 13.1 Å². The molecule has 4 atom stereocenters. The molecule has 4 nitrogen and oxygen atoms in total. The lowest BCUT2D eigenvalue weighted by Gasteiger charge is -2.62. The van der Waals surface area contributed by atoms with Crippen LogP contribution in [0.1, 0.15) is 49.8 Å². The molecule has 2 unspecified atom stereocenters. The minimum Gasteiger partial charge on any atom is -0.481 e. The molecule has 2 bridgehead atoms. The molecule has 2 heterocycles. The Labute approximate surface area is 154 Å². The summed E-state index contributed by atoms with van der Waals surface area (Å²) < 4.78 is 6.28. The second-order valence-corrected chi connectivity index (χ2v) is 8.85. The summed E-state index contributed by atoms with van der Waals surface area (Å²) in [6.07, 6.45) is 4.32. The number of ketones is 1. The van der Waals surface area contributed by atoms with Crippen molar-refractivity contribution in [2.45, 2.75) is 69.6 Å². The van der Waals surface area contributed by atoms with Crippen molar-refractivity contribution >= 4 is 5.78 Å². The molecule has 138 valence electrons. The predicted molar refractivity (Wildman–Crippen MR) is 99.6 cm³/mol. The van der Waals surface area contributed by atoms with Crippen LogP contribution in [0.2, 0.25) is 0 Å². The smallest absolute Gasteiger partial charge is 0.174 e. The van der Waals surface area contributed by atoms with Gasteiger partial charge in [-0.1, -0.05) is 23.8 Å². The lowest BCUT2D eigenvalue weighted by Crippen LogP contribution is -2.76. The van der Waals surface area contributed by atoms with Crippen LogP contribution in [0.25, 0.3) is 0 Å². The Morgan fingerprint density at radius 2 is 2.19 bits per heavy atom. The quantitative estimate of drug-likeness (QED) is 0.831. The molecule has 0 radical (unpaired) electrons. The first kappa shape index (κ1) is 16.5. The van der Waals surface area contributed by atoms with Crippen molar-refractivity contribution in [1.82, 2.24) is 4.90 Å². The predicted octanol–water partition coefficient (Wildman–Crippen LogP) is 2.68. The van der Waals surface area contributed by atoms with Crippen LogP contribution >= 0.6 is 0 Å². The number of carbonyl (C=O) groups is 1. The number of Topliss-reactive ketones (excluding diaryl/α,β-unsaturated/α-hetero) is 1. The molecular formula is C22H27NO3. The number of carbonyl (C=O) groups excluding carboxylic acids is 1. The first-order valence-electron chi connectivity index (χ1n) is 9.80. The van der Waals surface area contributed by atoms with Crippen molar-refractivity contribution < 1.29 is 14.6 Å². The SMILES string of the molecule is CC(C)=CCN1CC[C@]23c4c5ccc(C)c4OC2C(=O)CCC3(O)[C@H]1C5. The van der Waals surface area contributed by atoms with Gasteiger partial charge in [-0.2, -0.15) is 0 Å². The molecule has 1 saturated carbocycles. The number of hydrogen-bond acceptors (Lipinski definition) is 4. The molecule has 26 heavy (non-hydrogen) atoms. The van der Waals surface area contributed by atoms with Gasteiger partial charge in [-0.25, -0.2) is 0 Å². The van der Waals surface area contributed by atoms with Crippen LogP contribution in [0, 0.1) is 6.92 Å². The van der Waals surface area contributed by atoms with Crippen LogP contribution in [-0.2, 0) is 16.6 Å². The number of rotatable bonds is 2. The molecular weight excluding hydrogens is 326 g/mol. The van der Waals surface area contributed by atoms with Gasteiger partial charge < -0.3 is 9.84 Å². The van der Waals surface area contributed by atoms with Gasteiger partial charge in [0.25, 0.3) is 0 Å². The van der Waals surface area contributed by atoms with Gasteiger partial charge in [-0.15, -0.1) is 0 Å². The zero-order valence-electron chi connectivity index (χ0n) is 15.8. The first-order valence-corrected chi connectivity index (χ1v) is 9.80. The van der Waals surface area contributed by atoms with E-state index in [9.17, 15) is 9.90 Å². The Morgan fingerprint density at radius 3 is 2.96 bits per heavy atom. The van der Waals surface area contributed by atoms with Gasteiger partial charge in [0.1, 0.15) is 5.75 Å². The summed E-state index contributed by atoms with van der Waals surface area (Å²) in [5.74, 6) is 1.03. The van der Waals surface area contributed by atoms with Crippen LogP contribution in [-0.4, -0.2) is 46.6 Å². The zero-order chi connectivity index (χ0) is 18.3. The van der Waals surface area contributed by atoms with Crippen molar-refractivity contribution in [2.24, 2.45) is 0 Å². The molecule has 2 aliphatic carbocycles. The minimum atomic E-state index is -0.884. The lowest BCUT2D eigenvalue weighted by molar-refractivity contribution is -0.187. The van der Waals surface area contributed by atoms with Crippen LogP contribution in [0.4, 0.5) is 0 Å². The normalized spacial score (nSPS) is 37.2. The number of piperidine rings is 1. The van der Waals surface area contributed by atoms with E-state index in [4.69, 9.17) is 4.74 Å². The first-order chi connectivity index (χ1) is 12.4. The number of ether oxygens (including phenoxy) is 1. The van der Waals surface area contributed by atoms with Gasteiger partial charge in [0.2, 0.25) is 0 Å². The van der Waals surface area contributed by atoms with Gasteiger partial charge in [-0.3, -0.25) is 9.69 Å². The molecule has 0 amide bonds. The highest BCUT2D eigenvalue weighted by atomic mass is 16.5. The van der Waals surface area contributed by atoms with Crippen LogP contribution in [0.3, 0.4) is 0 Å². The number of hydrogen-bond donors (Lipinski definition) is 1. The number of allylic oxidation sites excluding steroid dienone is 1. The molecule has 5 rings (SSSR count). The number of likely N-dealkylation sites (tertiary alicyclic amines) is 1. The van der Waals surface area contributed by atoms with Crippen LogP contribution in [0.5, 0.6) is 5.75 Å². The summed E-state index contributed by atoms with van der Waals surface area (Å²) in [5, 5.41) is 12.1. The van der Waals surface area contributed by atoms with E-state index in [-0.39, 0.29) is 11.8 Å². The zero-order valence-corrected chi connectivity index (χ0v) is 15.8. The Kier molecular flexibility index (Phi) is 3.31. The maximum atomic E-state index is 12.8. The Bertz CT molecular complexity index is 840. The maximum Gasteiger partial charge on any atom is 0.174 e. The van der Waals surface area contributed by atoms with Crippen molar-refractivity contribution in [3.63, 3.8) is 0 Å². The number of aryl methyl sites for hydroxylation is 1. The maximum absolute atomic E-state index is 12.8. The van der Waals surface area contributed by atoms with E-state index in [0.29, 0.717) is 12.8 Å². The molecule has 4 heteroatoms. The molecule has 2 aliphatic heterocycles. The van der Waals surface area contributed by atoms with Crippen molar-refractivity contribution in [3.8, 4) is 5.75 Å². The minimum absolute atomic E-state index is 0.0483. The third-order valence-electron chi connectivity index (χ3n) is 7.32. The second kappa shape index (κ2) is 5.20. The third kappa shape index (κ3) is 1.79. The van der Waals surface area contributed by atoms with E-state index in [0.717, 1.165) is 42.8 Å². The van der Waals surface area contributed by atoms with Gasteiger partial charge >= 0.3 is 0 Å². The number of nitrogens with zero attached hydrogens (tertiary/aromatic N) is 1. The van der Waals surface area contributed by atoms with E-state index >= 15 is 0 Å². The highest BCUT2D eigenvalue weighted by molar-refractivity contribution is 5.89. The molecule has 1 aromatic carbocycles. The Hall–Kier alpha value is -1.65. The van der Waals surface area contributed by atoms with Gasteiger partial charge in [-0.05, 0) is 51.2 Å². The Morgan fingerprint density at radius 1 is 1.38 bits per heavy atom. The van der Waals surface area contributed by atoms with Gasteiger partial charge in [0.15, 0.2) is 11.9 Å². The standard InChI is InChI=1S/C22H27NO3/c1-13(2)7-10-23-11-9-21-18-15-5-4-14(3)19(18)26-20(21)16(24)6-8-22(21,25)17(23)12-15/h4-5,7,17,20,25H,6,8-12H2,1-3H3/t17-,20?,21+,22?/m1/s1. The van der Waals surface area contributed by atoms with Crippen molar-refractivity contribution in [1.29, 1.82) is 0 Å². The summed E-state index contributed by atoms with van der Waals surface area (Å²) in [6.45, 7) is 8.04. The van der Waals surface area contributed by atoms with E-state index in [2.05, 4.69) is 37.0 Å². The fourth-order valence-corrected chi connectivity index (χ4v) is 6.08. The molecule has 1 spiro atoms.